The van der Waals surface area contributed by atoms with Crippen LogP contribution in [0.25, 0.3) is 0 Å². The molecule has 1 nitrogen and oxygen atoms in total. The van der Waals surface area contributed by atoms with Gasteiger partial charge in [-0.1, -0.05) is 33.8 Å². The van der Waals surface area contributed by atoms with Crippen molar-refractivity contribution in [3.8, 4) is 5.75 Å². The second kappa shape index (κ2) is 6.68. The highest BCUT2D eigenvalue weighted by Crippen LogP contribution is 2.19. The average Bonchev–Trinajstić information content (AvgIpc) is 2.14. The Kier molecular flexibility index (Phi) is 5.54. The van der Waals surface area contributed by atoms with Gasteiger partial charge in [-0.2, -0.15) is 0 Å². The van der Waals surface area contributed by atoms with Crippen LogP contribution in [-0.2, 0) is 6.42 Å². The summed E-state index contributed by atoms with van der Waals surface area (Å²) in [5, 5.41) is 0. The Morgan fingerprint density at radius 3 is 2.29 bits per heavy atom. The number of rotatable bonds is 6. The van der Waals surface area contributed by atoms with Gasteiger partial charge in [0, 0.05) is 0 Å². The smallest absolute Gasteiger partial charge is 0.119 e. The summed E-state index contributed by atoms with van der Waals surface area (Å²) in [4.78, 5) is 0. The second-order valence-corrected chi connectivity index (χ2v) is 5.78. The van der Waals surface area contributed by atoms with E-state index in [1.54, 1.807) is 0 Å². The van der Waals surface area contributed by atoms with Crippen molar-refractivity contribution >= 4 is 0 Å². The summed E-state index contributed by atoms with van der Waals surface area (Å²) in [5.74, 6) is 2.43. The molecule has 0 aromatic heterocycles. The maximum Gasteiger partial charge on any atom is 0.119 e. The molecule has 0 amide bonds. The minimum atomic E-state index is 0.695. The van der Waals surface area contributed by atoms with E-state index in [9.17, 15) is 0 Å². The van der Waals surface area contributed by atoms with Crippen molar-refractivity contribution in [2.24, 2.45) is 11.8 Å². The van der Waals surface area contributed by atoms with Gasteiger partial charge in [0.1, 0.15) is 5.75 Å². The minimum Gasteiger partial charge on any atom is -0.494 e. The quantitative estimate of drug-likeness (QED) is 0.698. The molecule has 0 N–H and O–H groups in total. The van der Waals surface area contributed by atoms with Crippen LogP contribution in [0.1, 0.15) is 45.2 Å². The zero-order valence-electron chi connectivity index (χ0n) is 11.9. The maximum absolute atomic E-state index is 5.82. The molecule has 0 radical (unpaired) electrons. The summed E-state index contributed by atoms with van der Waals surface area (Å²) in [7, 11) is 0. The zero-order valence-corrected chi connectivity index (χ0v) is 11.9. The third-order valence-electron chi connectivity index (χ3n) is 2.72. The Morgan fingerprint density at radius 2 is 1.71 bits per heavy atom. The van der Waals surface area contributed by atoms with Gasteiger partial charge in [-0.3, -0.25) is 0 Å². The van der Waals surface area contributed by atoms with Gasteiger partial charge in [0.2, 0.25) is 0 Å². The van der Waals surface area contributed by atoms with E-state index in [4.69, 9.17) is 4.74 Å². The first kappa shape index (κ1) is 14.1. The number of ether oxygens (including phenoxy) is 1. The lowest BCUT2D eigenvalue weighted by Gasteiger charge is -2.12. The average molecular weight is 234 g/mol. The molecule has 0 heterocycles. The topological polar surface area (TPSA) is 9.23 Å². The zero-order chi connectivity index (χ0) is 12.8. The number of aryl methyl sites for hydroxylation is 1. The first-order chi connectivity index (χ1) is 7.97. The van der Waals surface area contributed by atoms with Crippen molar-refractivity contribution in [2.75, 3.05) is 6.61 Å². The molecule has 0 aliphatic carbocycles. The third-order valence-corrected chi connectivity index (χ3v) is 2.72. The SMILES string of the molecule is Cc1cc(CC(C)C)cc(OCCC(C)C)c1. The molecule has 0 saturated heterocycles. The van der Waals surface area contributed by atoms with E-state index in [2.05, 4.69) is 52.8 Å². The molecule has 17 heavy (non-hydrogen) atoms. The number of hydrogen-bond donors (Lipinski definition) is 0. The molecule has 0 unspecified atom stereocenters. The highest BCUT2D eigenvalue weighted by atomic mass is 16.5. The molecule has 0 fully saturated rings. The fourth-order valence-corrected chi connectivity index (χ4v) is 1.91. The molecule has 0 aliphatic rings. The summed E-state index contributed by atoms with van der Waals surface area (Å²) in [6.45, 7) is 11.9. The van der Waals surface area contributed by atoms with Crippen LogP contribution >= 0.6 is 0 Å². The van der Waals surface area contributed by atoms with Gasteiger partial charge in [-0.05, 0) is 54.9 Å². The molecular weight excluding hydrogens is 208 g/mol. The lowest BCUT2D eigenvalue weighted by Crippen LogP contribution is -2.02. The van der Waals surface area contributed by atoms with Gasteiger partial charge < -0.3 is 4.74 Å². The Morgan fingerprint density at radius 1 is 1.00 bits per heavy atom. The van der Waals surface area contributed by atoms with Crippen molar-refractivity contribution in [3.05, 3.63) is 29.3 Å². The summed E-state index contributed by atoms with van der Waals surface area (Å²) < 4.78 is 5.82. The summed E-state index contributed by atoms with van der Waals surface area (Å²) in [6, 6.07) is 6.58. The summed E-state index contributed by atoms with van der Waals surface area (Å²) >= 11 is 0. The maximum atomic E-state index is 5.82. The molecule has 1 aromatic carbocycles. The van der Waals surface area contributed by atoms with E-state index in [1.165, 1.54) is 11.1 Å². The molecule has 1 heteroatoms. The first-order valence-electron chi connectivity index (χ1n) is 6.70. The highest BCUT2D eigenvalue weighted by Gasteiger charge is 2.03. The van der Waals surface area contributed by atoms with E-state index in [0.717, 1.165) is 25.2 Å². The van der Waals surface area contributed by atoms with Crippen LogP contribution in [0.15, 0.2) is 18.2 Å². The van der Waals surface area contributed by atoms with Gasteiger partial charge in [0.15, 0.2) is 0 Å². The van der Waals surface area contributed by atoms with Crippen LogP contribution < -0.4 is 4.74 Å². The predicted molar refractivity (Wildman–Crippen MR) is 74.7 cm³/mol. The van der Waals surface area contributed by atoms with Crippen molar-refractivity contribution in [1.82, 2.24) is 0 Å². The molecule has 96 valence electrons. The number of benzene rings is 1. The van der Waals surface area contributed by atoms with Gasteiger partial charge in [-0.25, -0.2) is 0 Å². The van der Waals surface area contributed by atoms with Gasteiger partial charge in [0.05, 0.1) is 6.61 Å². The largest absolute Gasteiger partial charge is 0.494 e. The summed E-state index contributed by atoms with van der Waals surface area (Å²) in [6.07, 6.45) is 2.25. The molecule has 0 atom stereocenters. The second-order valence-electron chi connectivity index (χ2n) is 5.78. The highest BCUT2D eigenvalue weighted by molar-refractivity contribution is 5.34. The Balaban J connectivity index is 2.62. The Hall–Kier alpha value is -0.980. The molecule has 1 aromatic rings. The standard InChI is InChI=1S/C16H26O/c1-12(2)6-7-17-16-10-14(5)9-15(11-16)8-13(3)4/h9-13H,6-8H2,1-5H3. The lowest BCUT2D eigenvalue weighted by atomic mass is 10.0. The molecule has 0 bridgehead atoms. The van der Waals surface area contributed by atoms with Crippen LogP contribution in [0.4, 0.5) is 0 Å². The van der Waals surface area contributed by atoms with Crippen LogP contribution in [0, 0.1) is 18.8 Å². The predicted octanol–water partition coefficient (Wildman–Crippen LogP) is 4.62. The van der Waals surface area contributed by atoms with Crippen LogP contribution in [0.5, 0.6) is 5.75 Å². The van der Waals surface area contributed by atoms with Crippen LogP contribution in [-0.4, -0.2) is 6.61 Å². The fourth-order valence-electron chi connectivity index (χ4n) is 1.91. The Labute approximate surface area is 106 Å². The third kappa shape index (κ3) is 5.76. The van der Waals surface area contributed by atoms with E-state index >= 15 is 0 Å². The van der Waals surface area contributed by atoms with E-state index in [0.29, 0.717) is 11.8 Å². The molecule has 1 rings (SSSR count). The van der Waals surface area contributed by atoms with Gasteiger partial charge >= 0.3 is 0 Å². The van der Waals surface area contributed by atoms with E-state index in [1.807, 2.05) is 0 Å². The monoisotopic (exact) mass is 234 g/mol. The van der Waals surface area contributed by atoms with E-state index in [-0.39, 0.29) is 0 Å². The van der Waals surface area contributed by atoms with Crippen LogP contribution in [0.3, 0.4) is 0 Å². The fraction of sp³-hybridized carbons (Fsp3) is 0.625. The number of hydrogen-bond acceptors (Lipinski definition) is 1. The minimum absolute atomic E-state index is 0.695. The van der Waals surface area contributed by atoms with E-state index < -0.39 is 0 Å². The molecule has 0 saturated carbocycles. The van der Waals surface area contributed by atoms with Crippen LogP contribution in [0.2, 0.25) is 0 Å². The molecule has 0 spiro atoms. The van der Waals surface area contributed by atoms with Crippen molar-refractivity contribution < 1.29 is 4.74 Å². The van der Waals surface area contributed by atoms with Gasteiger partial charge in [0.25, 0.3) is 0 Å². The molecule has 0 aliphatic heterocycles. The van der Waals surface area contributed by atoms with Crippen molar-refractivity contribution in [1.29, 1.82) is 0 Å². The first-order valence-corrected chi connectivity index (χ1v) is 6.70. The molecular formula is C16H26O. The van der Waals surface area contributed by atoms with Crippen molar-refractivity contribution in [3.63, 3.8) is 0 Å². The summed E-state index contributed by atoms with van der Waals surface area (Å²) in [5.41, 5.74) is 2.68. The Bertz CT molecular complexity index is 339. The van der Waals surface area contributed by atoms with Gasteiger partial charge in [-0.15, -0.1) is 0 Å². The van der Waals surface area contributed by atoms with Crippen molar-refractivity contribution in [2.45, 2.75) is 47.5 Å². The normalized spacial score (nSPS) is 11.2. The lowest BCUT2D eigenvalue weighted by molar-refractivity contribution is 0.289.